The molecule has 0 radical (unpaired) electrons. The van der Waals surface area contributed by atoms with Gasteiger partial charge < -0.3 is 10.2 Å². The lowest BCUT2D eigenvalue weighted by atomic mass is 9.86. The van der Waals surface area contributed by atoms with Crippen molar-refractivity contribution in [2.24, 2.45) is 5.92 Å². The largest absolute Gasteiger partial charge is 0.341 e. The molecule has 2 nitrogen and oxygen atoms in total. The van der Waals surface area contributed by atoms with Crippen molar-refractivity contribution < 1.29 is 0 Å². The number of para-hydroxylation sites is 1. The minimum absolute atomic E-state index is 0.521. The molecule has 1 saturated heterocycles. The second-order valence-corrected chi connectivity index (χ2v) is 8.71. The number of nitrogens with one attached hydrogen (secondary N) is 1. The van der Waals surface area contributed by atoms with E-state index in [-0.39, 0.29) is 0 Å². The maximum Gasteiger partial charge on any atom is 0.0411 e. The van der Waals surface area contributed by atoms with Crippen molar-refractivity contribution in [1.29, 1.82) is 0 Å². The van der Waals surface area contributed by atoms with E-state index in [0.717, 1.165) is 24.7 Å². The standard InChI is InChI=1S/C26H29ClN2/c1-19(2)20-7-6-8-21(15-20)26-17-28-16-22(26)18-29(24-9-4-3-5-10-24)25-13-11-23(27)12-14-25/h3-15,19,22,26,28H,16-18H2,1-2H3/t22-,26+/m1/s1. The van der Waals surface area contributed by atoms with Crippen LogP contribution in [0, 0.1) is 5.92 Å². The van der Waals surface area contributed by atoms with E-state index in [1.807, 2.05) is 12.1 Å². The molecule has 1 aliphatic rings. The van der Waals surface area contributed by atoms with E-state index in [2.05, 4.69) is 90.8 Å². The molecule has 1 aliphatic heterocycles. The maximum absolute atomic E-state index is 6.15. The highest BCUT2D eigenvalue weighted by molar-refractivity contribution is 6.30. The smallest absolute Gasteiger partial charge is 0.0411 e. The van der Waals surface area contributed by atoms with Crippen LogP contribution >= 0.6 is 11.6 Å². The van der Waals surface area contributed by atoms with Crippen LogP contribution in [0.5, 0.6) is 0 Å². The molecule has 0 unspecified atom stereocenters. The topological polar surface area (TPSA) is 15.3 Å². The van der Waals surface area contributed by atoms with Gasteiger partial charge in [-0.3, -0.25) is 0 Å². The van der Waals surface area contributed by atoms with E-state index in [1.54, 1.807) is 0 Å². The molecule has 0 bridgehead atoms. The summed E-state index contributed by atoms with van der Waals surface area (Å²) in [4.78, 5) is 2.42. The Labute approximate surface area is 179 Å². The van der Waals surface area contributed by atoms with E-state index in [0.29, 0.717) is 17.8 Å². The van der Waals surface area contributed by atoms with Crippen LogP contribution in [0.2, 0.25) is 5.02 Å². The number of anilines is 2. The van der Waals surface area contributed by atoms with Crippen molar-refractivity contribution in [3.05, 3.63) is 95.0 Å². The second-order valence-electron chi connectivity index (χ2n) is 8.27. The highest BCUT2D eigenvalue weighted by atomic mass is 35.5. The van der Waals surface area contributed by atoms with Crippen molar-refractivity contribution >= 4 is 23.0 Å². The van der Waals surface area contributed by atoms with Gasteiger partial charge >= 0.3 is 0 Å². The summed E-state index contributed by atoms with van der Waals surface area (Å²) in [7, 11) is 0. The summed E-state index contributed by atoms with van der Waals surface area (Å²) in [6, 6.07) is 28.0. The molecule has 0 aromatic heterocycles. The summed E-state index contributed by atoms with van der Waals surface area (Å²) in [5, 5.41) is 4.41. The highest BCUT2D eigenvalue weighted by Crippen LogP contribution is 2.34. The molecule has 2 atom stereocenters. The maximum atomic E-state index is 6.15. The van der Waals surface area contributed by atoms with Gasteiger partial charge in [0.25, 0.3) is 0 Å². The lowest BCUT2D eigenvalue weighted by molar-refractivity contribution is 0.525. The zero-order valence-electron chi connectivity index (χ0n) is 17.2. The monoisotopic (exact) mass is 404 g/mol. The van der Waals surface area contributed by atoms with Gasteiger partial charge in [-0.2, -0.15) is 0 Å². The molecule has 1 heterocycles. The third-order valence-electron chi connectivity index (χ3n) is 5.97. The Kier molecular flexibility index (Phi) is 6.22. The van der Waals surface area contributed by atoms with Crippen LogP contribution in [0.4, 0.5) is 11.4 Å². The molecule has 150 valence electrons. The summed E-state index contributed by atoms with van der Waals surface area (Å²) >= 11 is 6.15. The number of nitrogens with zero attached hydrogens (tertiary/aromatic N) is 1. The average molecular weight is 405 g/mol. The van der Waals surface area contributed by atoms with Gasteiger partial charge in [0.15, 0.2) is 0 Å². The van der Waals surface area contributed by atoms with Gasteiger partial charge in [-0.15, -0.1) is 0 Å². The Morgan fingerprint density at radius 2 is 1.62 bits per heavy atom. The first-order valence-corrected chi connectivity index (χ1v) is 10.9. The zero-order valence-corrected chi connectivity index (χ0v) is 17.9. The van der Waals surface area contributed by atoms with Crippen LogP contribution in [-0.4, -0.2) is 19.6 Å². The average Bonchev–Trinajstić information content (AvgIpc) is 3.22. The fourth-order valence-electron chi connectivity index (χ4n) is 4.29. The van der Waals surface area contributed by atoms with Crippen LogP contribution < -0.4 is 10.2 Å². The molecule has 29 heavy (non-hydrogen) atoms. The predicted octanol–water partition coefficient (Wildman–Crippen LogP) is 6.60. The minimum atomic E-state index is 0.521. The Hall–Kier alpha value is -2.29. The van der Waals surface area contributed by atoms with E-state index in [4.69, 9.17) is 11.6 Å². The SMILES string of the molecule is CC(C)c1cccc([C@@H]2CNC[C@@H]2CN(c2ccccc2)c2ccc(Cl)cc2)c1. The van der Waals surface area contributed by atoms with Gasteiger partial charge in [0, 0.05) is 41.9 Å². The lowest BCUT2D eigenvalue weighted by Crippen LogP contribution is -2.29. The zero-order chi connectivity index (χ0) is 20.2. The van der Waals surface area contributed by atoms with Gasteiger partial charge in [-0.1, -0.05) is 67.9 Å². The Bertz CT molecular complexity index is 921. The van der Waals surface area contributed by atoms with Crippen LogP contribution in [-0.2, 0) is 0 Å². The number of benzene rings is 3. The fraction of sp³-hybridized carbons (Fsp3) is 0.308. The van der Waals surface area contributed by atoms with Crippen molar-refractivity contribution in [1.82, 2.24) is 5.32 Å². The Morgan fingerprint density at radius 1 is 0.897 bits per heavy atom. The van der Waals surface area contributed by atoms with Gasteiger partial charge in [-0.05, 0) is 59.4 Å². The second kappa shape index (κ2) is 9.02. The molecule has 3 aromatic rings. The fourth-order valence-corrected chi connectivity index (χ4v) is 4.41. The first kappa shape index (κ1) is 20.0. The summed E-state index contributed by atoms with van der Waals surface area (Å²) in [5.41, 5.74) is 5.28. The molecule has 0 spiro atoms. The number of halogens is 1. The van der Waals surface area contributed by atoms with Gasteiger partial charge in [0.1, 0.15) is 0 Å². The molecule has 3 aromatic carbocycles. The summed E-state index contributed by atoms with van der Waals surface area (Å²) < 4.78 is 0. The quantitative estimate of drug-likeness (QED) is 0.497. The first-order valence-electron chi connectivity index (χ1n) is 10.5. The normalized spacial score (nSPS) is 18.9. The van der Waals surface area contributed by atoms with Crippen LogP contribution in [0.25, 0.3) is 0 Å². The van der Waals surface area contributed by atoms with Crippen LogP contribution in [0.3, 0.4) is 0 Å². The minimum Gasteiger partial charge on any atom is -0.341 e. The molecule has 1 N–H and O–H groups in total. The van der Waals surface area contributed by atoms with Gasteiger partial charge in [-0.25, -0.2) is 0 Å². The molecular formula is C26H29ClN2. The first-order chi connectivity index (χ1) is 14.1. The van der Waals surface area contributed by atoms with Crippen LogP contribution in [0.15, 0.2) is 78.9 Å². The van der Waals surface area contributed by atoms with Gasteiger partial charge in [0.2, 0.25) is 0 Å². The van der Waals surface area contributed by atoms with Crippen LogP contribution in [0.1, 0.15) is 36.8 Å². The number of hydrogen-bond acceptors (Lipinski definition) is 2. The van der Waals surface area contributed by atoms with Crippen molar-refractivity contribution in [2.75, 3.05) is 24.5 Å². The van der Waals surface area contributed by atoms with Crippen molar-refractivity contribution in [2.45, 2.75) is 25.7 Å². The molecule has 0 amide bonds. The Balaban J connectivity index is 1.63. The summed E-state index contributed by atoms with van der Waals surface area (Å²) in [6.07, 6.45) is 0. The van der Waals surface area contributed by atoms with E-state index in [9.17, 15) is 0 Å². The van der Waals surface area contributed by atoms with E-state index >= 15 is 0 Å². The van der Waals surface area contributed by atoms with Gasteiger partial charge in [0.05, 0.1) is 0 Å². The molecule has 0 saturated carbocycles. The highest BCUT2D eigenvalue weighted by Gasteiger charge is 2.30. The summed E-state index contributed by atoms with van der Waals surface area (Å²) in [5.74, 6) is 1.61. The Morgan fingerprint density at radius 3 is 2.34 bits per heavy atom. The molecular weight excluding hydrogens is 376 g/mol. The number of rotatable bonds is 6. The third kappa shape index (κ3) is 4.66. The summed E-state index contributed by atoms with van der Waals surface area (Å²) in [6.45, 7) is 7.57. The third-order valence-corrected chi connectivity index (χ3v) is 6.22. The molecule has 3 heteroatoms. The lowest BCUT2D eigenvalue weighted by Gasteiger charge is -2.30. The van der Waals surface area contributed by atoms with E-state index < -0.39 is 0 Å². The number of hydrogen-bond donors (Lipinski definition) is 1. The van der Waals surface area contributed by atoms with E-state index in [1.165, 1.54) is 22.5 Å². The van der Waals surface area contributed by atoms with Crippen molar-refractivity contribution in [3.63, 3.8) is 0 Å². The molecule has 1 fully saturated rings. The van der Waals surface area contributed by atoms with Crippen molar-refractivity contribution in [3.8, 4) is 0 Å². The predicted molar refractivity (Wildman–Crippen MR) is 125 cm³/mol. The molecule has 4 rings (SSSR count). The molecule has 0 aliphatic carbocycles.